The molecule has 0 aromatic carbocycles. The van der Waals surface area contributed by atoms with E-state index in [0.29, 0.717) is 58.4 Å². The minimum absolute atomic E-state index is 0. The molecule has 0 bridgehead atoms. The van der Waals surface area contributed by atoms with Gasteiger partial charge in [0, 0.05) is 119 Å². The zero-order chi connectivity index (χ0) is 57.3. The van der Waals surface area contributed by atoms with Crippen molar-refractivity contribution in [3.05, 3.63) is 23.8 Å². The molecule has 2 fully saturated rings. The lowest BCUT2D eigenvalue weighted by Crippen LogP contribution is -2.59. The summed E-state index contributed by atoms with van der Waals surface area (Å²) >= 11 is 0. The number of methoxy groups -OCH3 is 1. The Bertz CT molecular complexity index is 1100. The fourth-order valence-corrected chi connectivity index (χ4v) is 4.97. The Morgan fingerprint density at radius 1 is 0.535 bits per heavy atom. The van der Waals surface area contributed by atoms with Crippen molar-refractivity contribution in [2.24, 2.45) is 11.8 Å². The maximum absolute atomic E-state index is 9.96. The third kappa shape index (κ3) is 48.0. The molecule has 1 saturated heterocycles. The van der Waals surface area contributed by atoms with Gasteiger partial charge in [-0.2, -0.15) is 0 Å². The first kappa shape index (κ1) is 94.2. The maximum atomic E-state index is 9.96. The number of ether oxygens (including phenoxy) is 7. The summed E-state index contributed by atoms with van der Waals surface area (Å²) in [7, 11) is 14.7. The molecule has 8 atom stereocenters. The van der Waals surface area contributed by atoms with Crippen LogP contribution in [0.15, 0.2) is 12.4 Å². The molecule has 18 N–H and O–H groups in total. The third-order valence-electron chi connectivity index (χ3n) is 7.60. The Labute approximate surface area is 419 Å². The van der Waals surface area contributed by atoms with E-state index in [1.807, 2.05) is 6.20 Å². The van der Waals surface area contributed by atoms with Crippen molar-refractivity contribution in [3.63, 3.8) is 0 Å². The van der Waals surface area contributed by atoms with Crippen LogP contribution in [-0.4, -0.2) is 311 Å². The molecule has 1 saturated carbocycles. The lowest BCUT2D eigenvalue weighted by atomic mass is 9.71. The molecule has 3 heterocycles. The molecule has 8 unspecified atom stereocenters. The number of rotatable bonds is 21. The Morgan fingerprint density at radius 3 is 1.38 bits per heavy atom. The predicted octanol–water partition coefficient (Wildman–Crippen LogP) is -7.40. The number of hydrogen-bond donors (Lipinski definition) is 18. The molecule has 4 rings (SSSR count). The van der Waals surface area contributed by atoms with Crippen molar-refractivity contribution in [3.8, 4) is 0 Å². The van der Waals surface area contributed by atoms with E-state index in [4.69, 9.17) is 99.5 Å². The van der Waals surface area contributed by atoms with Crippen LogP contribution in [0.5, 0.6) is 0 Å². The van der Waals surface area contributed by atoms with Gasteiger partial charge in [0.15, 0.2) is 13.1 Å². The number of nitrogens with zero attached hydrogens (tertiary/aromatic N) is 6. The lowest BCUT2D eigenvalue weighted by molar-refractivity contribution is -0.317. The number of aliphatic hydroxyl groups excluding tert-OH is 18. The first-order valence-electron chi connectivity index (χ1n) is 20.4. The second-order valence-electron chi connectivity index (χ2n) is 10.6. The van der Waals surface area contributed by atoms with E-state index in [-0.39, 0.29) is 45.4 Å². The Morgan fingerprint density at radius 2 is 0.944 bits per heavy atom. The average Bonchev–Trinajstić information content (AvgIpc) is 4.13. The Hall–Kier alpha value is -2.72. The molecule has 2 aliphatic rings. The summed E-state index contributed by atoms with van der Waals surface area (Å²) in [6.07, 6.45) is -2.24. The summed E-state index contributed by atoms with van der Waals surface area (Å²) in [5.41, 5.74) is 1.27. The van der Waals surface area contributed by atoms with E-state index in [0.717, 1.165) is 105 Å². The first-order valence-corrected chi connectivity index (χ1v) is 20.4. The fourth-order valence-electron chi connectivity index (χ4n) is 4.97. The molecule has 0 spiro atoms. The van der Waals surface area contributed by atoms with Gasteiger partial charge in [-0.3, -0.25) is 4.68 Å². The summed E-state index contributed by atoms with van der Waals surface area (Å²) in [6.45, 7) is 2.92. The summed E-state index contributed by atoms with van der Waals surface area (Å²) < 4.78 is 41.4. The largest absolute Gasteiger partial charge is 0.400 e. The van der Waals surface area contributed by atoms with Crippen LogP contribution >= 0.6 is 0 Å². The minimum Gasteiger partial charge on any atom is -0.400 e. The van der Waals surface area contributed by atoms with Gasteiger partial charge in [0.1, 0.15) is 35.8 Å². The molecule has 2 aromatic rings. The highest BCUT2D eigenvalue weighted by atomic mass is 16.8. The summed E-state index contributed by atoms with van der Waals surface area (Å²) in [6, 6.07) is 0. The summed E-state index contributed by atoms with van der Waals surface area (Å²) in [5.74, 6) is 0.463. The zero-order valence-corrected chi connectivity index (χ0v) is 43.6. The predicted molar refractivity (Wildman–Crippen MR) is 258 cm³/mol. The van der Waals surface area contributed by atoms with Crippen molar-refractivity contribution >= 4 is 0 Å². The van der Waals surface area contributed by atoms with Crippen molar-refractivity contribution in [2.45, 2.75) is 77.0 Å². The van der Waals surface area contributed by atoms with E-state index in [1.54, 1.807) is 22.7 Å². The van der Waals surface area contributed by atoms with Gasteiger partial charge in [-0.15, -0.1) is 10.2 Å². The van der Waals surface area contributed by atoms with Crippen molar-refractivity contribution in [1.29, 1.82) is 0 Å². The molecule has 440 valence electrons. The van der Waals surface area contributed by atoms with E-state index in [1.165, 1.54) is 0 Å². The topological polar surface area (TPSA) is 490 Å². The molecular weight excluding hydrogens is 964 g/mol. The molecule has 0 radical (unpaired) electrons. The molecule has 71 heavy (non-hydrogen) atoms. The smallest absolute Gasteiger partial charge is 0.189 e. The van der Waals surface area contributed by atoms with Crippen LogP contribution in [0.25, 0.3) is 0 Å². The second kappa shape index (κ2) is 84.1. The lowest BCUT2D eigenvalue weighted by Gasteiger charge is -2.42. The quantitative estimate of drug-likeness (QED) is 0.0408. The average molecular weight is 1070 g/mol. The van der Waals surface area contributed by atoms with Crippen LogP contribution in [0.1, 0.15) is 25.2 Å². The van der Waals surface area contributed by atoms with Gasteiger partial charge in [0.2, 0.25) is 0 Å². The second-order valence-corrected chi connectivity index (χ2v) is 10.6. The molecule has 31 nitrogen and oxygen atoms in total. The van der Waals surface area contributed by atoms with Crippen LogP contribution in [0.2, 0.25) is 0 Å². The fraction of sp³-hybridized carbons (Fsp3) is 0.900. The number of hydrogen-bond acceptors (Lipinski definition) is 29. The highest BCUT2D eigenvalue weighted by molar-refractivity contribution is 4.94. The Kier molecular flexibility index (Phi) is 112. The van der Waals surface area contributed by atoms with Gasteiger partial charge in [0.25, 0.3) is 0 Å². The van der Waals surface area contributed by atoms with Crippen molar-refractivity contribution in [1.82, 2.24) is 30.0 Å². The standard InChI is InChI=1S/C26H44N6O12.13CH4O.CH4/c1-38-21-8-17(12-33)20(21)11-32-10-19(28-30-32)14-41-7-6-40-5-4-39-3-2-31-9-18(27-29-31)15-42-16-43-26-25(37)24(36)23(35)22(13-34)44-26;13*1-2;/h9-10,17,20-26,33-37H,2-8,11-16H2,1H3;13*2H,1H3;1H4. The van der Waals surface area contributed by atoms with E-state index in [2.05, 4.69) is 20.6 Å². The van der Waals surface area contributed by atoms with Crippen LogP contribution in [0.4, 0.5) is 0 Å². The van der Waals surface area contributed by atoms with Gasteiger partial charge in [-0.25, -0.2) is 4.68 Å². The minimum atomic E-state index is -1.52. The molecule has 1 aliphatic carbocycles. The maximum Gasteiger partial charge on any atom is 0.189 e. The van der Waals surface area contributed by atoms with E-state index in [9.17, 15) is 25.5 Å². The van der Waals surface area contributed by atoms with Crippen LogP contribution < -0.4 is 0 Å². The molecule has 2 aromatic heterocycles. The first-order chi connectivity index (χ1) is 34.4. The molecular formula is C40H100N6O25. The van der Waals surface area contributed by atoms with Gasteiger partial charge in [-0.1, -0.05) is 17.9 Å². The number of aliphatic hydroxyl groups is 18. The van der Waals surface area contributed by atoms with Gasteiger partial charge in [0.05, 0.1) is 77.9 Å². The highest BCUT2D eigenvalue weighted by Gasteiger charge is 2.44. The van der Waals surface area contributed by atoms with Gasteiger partial charge < -0.3 is 125 Å². The van der Waals surface area contributed by atoms with Crippen LogP contribution in [0.3, 0.4) is 0 Å². The van der Waals surface area contributed by atoms with E-state index >= 15 is 0 Å². The highest BCUT2D eigenvalue weighted by Crippen LogP contribution is 2.37. The molecule has 0 amide bonds. The van der Waals surface area contributed by atoms with E-state index < -0.39 is 37.3 Å². The number of aromatic nitrogens is 6. The van der Waals surface area contributed by atoms with Crippen molar-refractivity contribution in [2.75, 3.05) is 153 Å². The molecule has 31 heteroatoms. The van der Waals surface area contributed by atoms with Crippen molar-refractivity contribution < 1.29 is 125 Å². The van der Waals surface area contributed by atoms with Crippen LogP contribution in [0, 0.1) is 11.8 Å². The Balaban J connectivity index is -0.000000129. The summed E-state index contributed by atoms with van der Waals surface area (Å²) in [4.78, 5) is 0. The monoisotopic (exact) mass is 1060 g/mol. The third-order valence-corrected chi connectivity index (χ3v) is 7.60. The normalized spacial score (nSPS) is 18.9. The SMILES string of the molecule is C.CO.CO.CO.CO.CO.CO.CO.CO.CO.CO.CO.CO.CO.COC1CC(CO)C1Cn1cc(COCCOCCOCCn2cc(COCOC3OC(CO)C(O)C(O)C3O)nn2)nn1. The van der Waals surface area contributed by atoms with Gasteiger partial charge >= 0.3 is 0 Å². The van der Waals surface area contributed by atoms with Gasteiger partial charge in [-0.05, 0) is 12.3 Å². The van der Waals surface area contributed by atoms with Crippen LogP contribution in [-0.2, 0) is 59.5 Å². The summed E-state index contributed by atoms with van der Waals surface area (Å²) in [5, 5.41) is 155. The molecule has 1 aliphatic heterocycles. The zero-order valence-electron chi connectivity index (χ0n) is 43.6.